The first kappa shape index (κ1) is 20.4. The SMILES string of the molecule is Cc1nc(N2CCOCC2)[nH]c(=O)c1CCC(=O)NC(CN)CC(C)C. The maximum absolute atomic E-state index is 12.4. The number of nitrogens with one attached hydrogen (secondary N) is 2. The van der Waals surface area contributed by atoms with Crippen LogP contribution in [0.1, 0.15) is 37.9 Å². The lowest BCUT2D eigenvalue weighted by Gasteiger charge is -2.27. The maximum Gasteiger partial charge on any atom is 0.255 e. The number of nitrogens with two attached hydrogens (primary N) is 1. The zero-order chi connectivity index (χ0) is 19.1. The summed E-state index contributed by atoms with van der Waals surface area (Å²) in [5.41, 5.74) is 6.77. The first-order chi connectivity index (χ1) is 12.4. The van der Waals surface area contributed by atoms with Gasteiger partial charge in [0.1, 0.15) is 0 Å². The van der Waals surface area contributed by atoms with Crippen molar-refractivity contribution in [1.82, 2.24) is 15.3 Å². The molecule has 8 nitrogen and oxygen atoms in total. The zero-order valence-corrected chi connectivity index (χ0v) is 16.0. The highest BCUT2D eigenvalue weighted by atomic mass is 16.5. The largest absolute Gasteiger partial charge is 0.378 e. The minimum atomic E-state index is -0.177. The van der Waals surface area contributed by atoms with Crippen molar-refractivity contribution < 1.29 is 9.53 Å². The first-order valence-corrected chi connectivity index (χ1v) is 9.32. The van der Waals surface area contributed by atoms with Gasteiger partial charge >= 0.3 is 0 Å². The summed E-state index contributed by atoms with van der Waals surface area (Å²) in [6.45, 7) is 9.10. The van der Waals surface area contributed by atoms with Crippen LogP contribution in [-0.4, -0.2) is 54.8 Å². The van der Waals surface area contributed by atoms with Gasteiger partial charge in [-0.1, -0.05) is 13.8 Å². The standard InChI is InChI=1S/C18H31N5O3/c1-12(2)10-14(11-19)21-16(24)5-4-15-13(3)20-18(22-17(15)25)23-6-8-26-9-7-23/h12,14H,4-11,19H2,1-3H3,(H,21,24)(H,20,22,25). The van der Waals surface area contributed by atoms with E-state index < -0.39 is 0 Å². The molecule has 0 aliphatic carbocycles. The van der Waals surface area contributed by atoms with Crippen molar-refractivity contribution in [3.63, 3.8) is 0 Å². The molecule has 1 aromatic heterocycles. The van der Waals surface area contributed by atoms with Gasteiger partial charge < -0.3 is 20.7 Å². The molecule has 1 fully saturated rings. The van der Waals surface area contributed by atoms with Gasteiger partial charge in [0.2, 0.25) is 11.9 Å². The molecule has 0 saturated carbocycles. The van der Waals surface area contributed by atoms with Gasteiger partial charge in [-0.3, -0.25) is 14.6 Å². The Morgan fingerprint density at radius 3 is 2.65 bits per heavy atom. The summed E-state index contributed by atoms with van der Waals surface area (Å²) in [6.07, 6.45) is 1.46. The van der Waals surface area contributed by atoms with E-state index in [0.717, 1.165) is 6.42 Å². The Bertz CT molecular complexity index is 653. The van der Waals surface area contributed by atoms with E-state index in [4.69, 9.17) is 10.5 Å². The van der Waals surface area contributed by atoms with Crippen LogP contribution in [0.15, 0.2) is 4.79 Å². The topological polar surface area (TPSA) is 113 Å². The number of amides is 1. The third kappa shape index (κ3) is 5.81. The van der Waals surface area contributed by atoms with E-state index >= 15 is 0 Å². The Labute approximate surface area is 154 Å². The van der Waals surface area contributed by atoms with Gasteiger partial charge in [0, 0.05) is 43.4 Å². The van der Waals surface area contributed by atoms with Crippen molar-refractivity contribution in [2.45, 2.75) is 46.1 Å². The predicted molar refractivity (Wildman–Crippen MR) is 101 cm³/mol. The van der Waals surface area contributed by atoms with Crippen molar-refractivity contribution in [3.8, 4) is 0 Å². The summed E-state index contributed by atoms with van der Waals surface area (Å²) in [5.74, 6) is 0.951. The van der Waals surface area contributed by atoms with E-state index in [0.29, 0.717) is 62.4 Å². The molecule has 1 aliphatic heterocycles. The second kappa shape index (κ2) is 9.68. The molecule has 1 unspecified atom stereocenters. The van der Waals surface area contributed by atoms with Crippen LogP contribution in [0.25, 0.3) is 0 Å². The average Bonchev–Trinajstić information content (AvgIpc) is 2.60. The van der Waals surface area contributed by atoms with Crippen molar-refractivity contribution in [2.75, 3.05) is 37.7 Å². The van der Waals surface area contributed by atoms with Gasteiger partial charge in [-0.05, 0) is 25.7 Å². The van der Waals surface area contributed by atoms with E-state index in [9.17, 15) is 9.59 Å². The molecule has 0 bridgehead atoms. The van der Waals surface area contributed by atoms with Crippen molar-refractivity contribution in [1.29, 1.82) is 0 Å². The molecule has 2 rings (SSSR count). The number of anilines is 1. The maximum atomic E-state index is 12.4. The van der Waals surface area contributed by atoms with Crippen LogP contribution in [-0.2, 0) is 16.0 Å². The lowest BCUT2D eigenvalue weighted by Crippen LogP contribution is -2.41. The molecule has 0 spiro atoms. The Morgan fingerprint density at radius 1 is 1.38 bits per heavy atom. The van der Waals surface area contributed by atoms with Crippen LogP contribution >= 0.6 is 0 Å². The third-order valence-electron chi connectivity index (χ3n) is 4.53. The number of carbonyl (C=O) groups excluding carboxylic acids is 1. The molecule has 4 N–H and O–H groups in total. The number of morpholine rings is 1. The van der Waals surface area contributed by atoms with Gasteiger partial charge in [0.25, 0.3) is 5.56 Å². The number of hydrogen-bond donors (Lipinski definition) is 3. The molecule has 26 heavy (non-hydrogen) atoms. The van der Waals surface area contributed by atoms with Gasteiger partial charge in [-0.15, -0.1) is 0 Å². The van der Waals surface area contributed by atoms with E-state index in [-0.39, 0.29) is 23.9 Å². The smallest absolute Gasteiger partial charge is 0.255 e. The summed E-state index contributed by atoms with van der Waals surface area (Å²) >= 11 is 0. The number of nitrogens with zero attached hydrogens (tertiary/aromatic N) is 2. The van der Waals surface area contributed by atoms with Crippen LogP contribution in [0.2, 0.25) is 0 Å². The molecular weight excluding hydrogens is 334 g/mol. The monoisotopic (exact) mass is 365 g/mol. The van der Waals surface area contributed by atoms with Crippen LogP contribution in [0.3, 0.4) is 0 Å². The fourth-order valence-corrected chi connectivity index (χ4v) is 3.14. The highest BCUT2D eigenvalue weighted by Gasteiger charge is 2.17. The quantitative estimate of drug-likeness (QED) is 0.612. The molecule has 1 saturated heterocycles. The lowest BCUT2D eigenvalue weighted by atomic mass is 10.0. The second-order valence-electron chi connectivity index (χ2n) is 7.18. The van der Waals surface area contributed by atoms with Gasteiger partial charge in [-0.2, -0.15) is 0 Å². The molecule has 1 amide bonds. The Kier molecular flexibility index (Phi) is 7.59. The average molecular weight is 365 g/mol. The minimum Gasteiger partial charge on any atom is -0.378 e. The zero-order valence-electron chi connectivity index (χ0n) is 16.0. The predicted octanol–water partition coefficient (Wildman–Crippen LogP) is 0.337. The fraction of sp³-hybridized carbons (Fsp3) is 0.722. The number of H-pyrrole nitrogens is 1. The van der Waals surface area contributed by atoms with E-state index in [1.165, 1.54) is 0 Å². The first-order valence-electron chi connectivity index (χ1n) is 9.32. The number of ether oxygens (including phenoxy) is 1. The number of hydrogen-bond acceptors (Lipinski definition) is 6. The number of aromatic amines is 1. The molecule has 1 aliphatic rings. The minimum absolute atomic E-state index is 0.0243. The summed E-state index contributed by atoms with van der Waals surface area (Å²) < 4.78 is 5.32. The fourth-order valence-electron chi connectivity index (χ4n) is 3.14. The van der Waals surface area contributed by atoms with Crippen LogP contribution in [0, 0.1) is 12.8 Å². The Morgan fingerprint density at radius 2 is 2.08 bits per heavy atom. The molecule has 146 valence electrons. The highest BCUT2D eigenvalue weighted by molar-refractivity contribution is 5.76. The molecule has 8 heteroatoms. The number of aromatic nitrogens is 2. The van der Waals surface area contributed by atoms with Crippen LogP contribution in [0.5, 0.6) is 0 Å². The molecular formula is C18H31N5O3. The number of aryl methyl sites for hydroxylation is 1. The van der Waals surface area contributed by atoms with E-state index in [1.54, 1.807) is 0 Å². The number of rotatable bonds is 8. The molecule has 1 atom stereocenters. The van der Waals surface area contributed by atoms with Gasteiger partial charge in [0.05, 0.1) is 13.2 Å². The molecule has 1 aromatic rings. The van der Waals surface area contributed by atoms with Crippen molar-refractivity contribution in [2.24, 2.45) is 11.7 Å². The lowest BCUT2D eigenvalue weighted by molar-refractivity contribution is -0.121. The van der Waals surface area contributed by atoms with E-state index in [1.807, 2.05) is 11.8 Å². The Balaban J connectivity index is 1.96. The van der Waals surface area contributed by atoms with Crippen LogP contribution in [0.4, 0.5) is 5.95 Å². The van der Waals surface area contributed by atoms with Crippen LogP contribution < -0.4 is 21.5 Å². The molecule has 2 heterocycles. The summed E-state index contributed by atoms with van der Waals surface area (Å²) in [7, 11) is 0. The molecule has 0 radical (unpaired) electrons. The third-order valence-corrected chi connectivity index (χ3v) is 4.53. The normalized spacial score (nSPS) is 16.0. The molecule has 0 aromatic carbocycles. The number of carbonyl (C=O) groups is 1. The summed E-state index contributed by atoms with van der Waals surface area (Å²) in [4.78, 5) is 34.0. The summed E-state index contributed by atoms with van der Waals surface area (Å²) in [5, 5.41) is 2.95. The highest BCUT2D eigenvalue weighted by Crippen LogP contribution is 2.11. The van der Waals surface area contributed by atoms with Gasteiger partial charge in [-0.25, -0.2) is 4.98 Å². The summed E-state index contributed by atoms with van der Waals surface area (Å²) in [6, 6.07) is -0.0243. The van der Waals surface area contributed by atoms with E-state index in [2.05, 4.69) is 29.1 Å². The van der Waals surface area contributed by atoms with Crippen molar-refractivity contribution >= 4 is 11.9 Å². The van der Waals surface area contributed by atoms with Gasteiger partial charge in [0.15, 0.2) is 0 Å². The van der Waals surface area contributed by atoms with Crippen molar-refractivity contribution in [3.05, 3.63) is 21.6 Å². The second-order valence-corrected chi connectivity index (χ2v) is 7.18. The Hall–Kier alpha value is -1.93.